The summed E-state index contributed by atoms with van der Waals surface area (Å²) in [5.74, 6) is -1.18. The van der Waals surface area contributed by atoms with Crippen molar-refractivity contribution in [2.45, 2.75) is 44.6 Å². The molecule has 0 saturated carbocycles. The molecule has 27 heavy (non-hydrogen) atoms. The molecule has 0 aliphatic rings. The van der Waals surface area contributed by atoms with Crippen molar-refractivity contribution in [3.63, 3.8) is 0 Å². The monoisotopic (exact) mass is 402 g/mol. The normalized spacial score (nSPS) is 11.7. The molecule has 0 unspecified atom stereocenters. The van der Waals surface area contributed by atoms with E-state index in [9.17, 15) is 13.2 Å². The van der Waals surface area contributed by atoms with Crippen LogP contribution in [-0.4, -0.2) is 58.5 Å². The Morgan fingerprint density at radius 2 is 1.89 bits per heavy atom. The first-order valence-electron chi connectivity index (χ1n) is 9.08. The van der Waals surface area contributed by atoms with Crippen LogP contribution >= 0.6 is 0 Å². The van der Waals surface area contributed by atoms with E-state index in [4.69, 9.17) is 14.6 Å². The highest BCUT2D eigenvalue weighted by Crippen LogP contribution is 2.23. The number of ether oxygens (including phenoxy) is 2. The summed E-state index contributed by atoms with van der Waals surface area (Å²) >= 11 is 0. The van der Waals surface area contributed by atoms with Gasteiger partial charge in [-0.2, -0.15) is 0 Å². The Hall–Kier alpha value is -1.68. The Kier molecular flexibility index (Phi) is 10.3. The maximum absolute atomic E-state index is 12.6. The second-order valence-corrected chi connectivity index (χ2v) is 7.90. The first-order chi connectivity index (χ1) is 12.8. The Labute approximate surface area is 161 Å². The highest BCUT2D eigenvalue weighted by molar-refractivity contribution is 7.89. The van der Waals surface area contributed by atoms with Gasteiger partial charge in [-0.3, -0.25) is 0 Å². The molecule has 1 aromatic rings. The Balaban J connectivity index is 2.83. The van der Waals surface area contributed by atoms with Crippen molar-refractivity contribution in [3.8, 4) is 0 Å². The van der Waals surface area contributed by atoms with E-state index in [0.29, 0.717) is 44.9 Å². The topological polar surface area (TPSA) is 114 Å². The van der Waals surface area contributed by atoms with Gasteiger partial charge in [0.15, 0.2) is 0 Å². The number of anilines is 1. The fourth-order valence-electron chi connectivity index (χ4n) is 2.24. The van der Waals surface area contributed by atoms with Gasteiger partial charge in [0.1, 0.15) is 4.90 Å². The van der Waals surface area contributed by atoms with Crippen molar-refractivity contribution in [3.05, 3.63) is 23.8 Å². The number of hydrogen-bond acceptors (Lipinski definition) is 6. The van der Waals surface area contributed by atoms with Crippen LogP contribution in [0.3, 0.4) is 0 Å². The van der Waals surface area contributed by atoms with Crippen molar-refractivity contribution >= 4 is 21.7 Å². The lowest BCUT2D eigenvalue weighted by Crippen LogP contribution is -2.27. The number of sulfonamides is 1. The second kappa shape index (κ2) is 11.9. The zero-order chi connectivity index (χ0) is 20.3. The van der Waals surface area contributed by atoms with E-state index >= 15 is 0 Å². The van der Waals surface area contributed by atoms with Crippen LogP contribution in [0.2, 0.25) is 0 Å². The van der Waals surface area contributed by atoms with Crippen molar-refractivity contribution in [1.82, 2.24) is 4.72 Å². The number of carbonyl (C=O) groups is 1. The van der Waals surface area contributed by atoms with Crippen LogP contribution in [0.1, 0.15) is 44.0 Å². The highest BCUT2D eigenvalue weighted by atomic mass is 32.2. The molecule has 154 valence electrons. The molecule has 3 N–H and O–H groups in total. The zero-order valence-corrected chi connectivity index (χ0v) is 17.0. The lowest BCUT2D eigenvalue weighted by molar-refractivity contribution is 0.0696. The molecule has 8 nitrogen and oxygen atoms in total. The molecule has 1 rings (SSSR count). The molecule has 0 fully saturated rings. The van der Waals surface area contributed by atoms with Gasteiger partial charge in [-0.05, 0) is 51.8 Å². The van der Waals surface area contributed by atoms with Crippen LogP contribution in [-0.2, 0) is 19.5 Å². The third-order valence-corrected chi connectivity index (χ3v) is 5.07. The van der Waals surface area contributed by atoms with Gasteiger partial charge in [-0.1, -0.05) is 0 Å². The third kappa shape index (κ3) is 8.70. The Bertz CT molecular complexity index is 691. The molecule has 0 saturated heterocycles. The van der Waals surface area contributed by atoms with E-state index in [1.54, 1.807) is 0 Å². The number of rotatable bonds is 14. The quantitative estimate of drug-likeness (QED) is 0.409. The van der Waals surface area contributed by atoms with Crippen LogP contribution in [0.25, 0.3) is 0 Å². The molecule has 9 heteroatoms. The summed E-state index contributed by atoms with van der Waals surface area (Å²) < 4.78 is 38.4. The number of carboxylic acid groups (broad SMARTS) is 1. The minimum absolute atomic E-state index is 0.0800. The molecule has 0 amide bonds. The summed E-state index contributed by atoms with van der Waals surface area (Å²) in [6, 6.07) is 4.02. The third-order valence-electron chi connectivity index (χ3n) is 3.57. The Morgan fingerprint density at radius 1 is 1.19 bits per heavy atom. The van der Waals surface area contributed by atoms with Gasteiger partial charge in [0.2, 0.25) is 10.0 Å². The lowest BCUT2D eigenvalue weighted by Gasteiger charge is -2.15. The average Bonchev–Trinajstić information content (AvgIpc) is 2.60. The van der Waals surface area contributed by atoms with Crippen LogP contribution in [0.5, 0.6) is 0 Å². The smallest absolute Gasteiger partial charge is 0.335 e. The highest BCUT2D eigenvalue weighted by Gasteiger charge is 2.20. The SMILES string of the molecule is CCOCCCNS(=O)(=O)c1cc(C(=O)O)ccc1NCCCOC(C)C. The molecule has 0 heterocycles. The number of aromatic carboxylic acids is 1. The summed E-state index contributed by atoms with van der Waals surface area (Å²) in [6.45, 7) is 8.05. The number of benzene rings is 1. The number of nitrogens with one attached hydrogen (secondary N) is 2. The van der Waals surface area contributed by atoms with Crippen molar-refractivity contribution in [2.24, 2.45) is 0 Å². The largest absolute Gasteiger partial charge is 0.478 e. The van der Waals surface area contributed by atoms with Crippen LogP contribution < -0.4 is 10.0 Å². The van der Waals surface area contributed by atoms with Crippen molar-refractivity contribution in [1.29, 1.82) is 0 Å². The molecule has 0 spiro atoms. The maximum atomic E-state index is 12.6. The molecular weight excluding hydrogens is 372 g/mol. The fourth-order valence-corrected chi connectivity index (χ4v) is 3.52. The molecule has 0 aliphatic heterocycles. The first-order valence-corrected chi connectivity index (χ1v) is 10.6. The predicted octanol–water partition coefficient (Wildman–Crippen LogP) is 2.32. The standard InChI is InChI=1S/C18H30N2O6S/c1-4-25-11-6-10-20-27(23,24)17-13-15(18(21)22)7-8-16(17)19-9-5-12-26-14(2)3/h7-8,13-14,19-20H,4-6,9-12H2,1-3H3,(H,21,22). The lowest BCUT2D eigenvalue weighted by atomic mass is 10.2. The van der Waals surface area contributed by atoms with Gasteiger partial charge in [-0.15, -0.1) is 0 Å². The van der Waals surface area contributed by atoms with E-state index < -0.39 is 16.0 Å². The van der Waals surface area contributed by atoms with Gasteiger partial charge in [0.05, 0.1) is 17.4 Å². The minimum atomic E-state index is -3.85. The molecule has 1 aromatic carbocycles. The van der Waals surface area contributed by atoms with Crippen molar-refractivity contribution < 1.29 is 27.8 Å². The van der Waals surface area contributed by atoms with Gasteiger partial charge in [0, 0.05) is 32.9 Å². The average molecular weight is 403 g/mol. The number of carboxylic acids is 1. The van der Waals surface area contributed by atoms with E-state index in [2.05, 4.69) is 10.0 Å². The van der Waals surface area contributed by atoms with Crippen LogP contribution in [0.15, 0.2) is 23.1 Å². The molecule has 0 atom stereocenters. The zero-order valence-electron chi connectivity index (χ0n) is 16.2. The number of hydrogen-bond donors (Lipinski definition) is 3. The second-order valence-electron chi connectivity index (χ2n) is 6.16. The van der Waals surface area contributed by atoms with Crippen molar-refractivity contribution in [2.75, 3.05) is 38.2 Å². The van der Waals surface area contributed by atoms with Gasteiger partial charge in [0.25, 0.3) is 0 Å². The van der Waals surface area contributed by atoms with Gasteiger partial charge >= 0.3 is 5.97 Å². The van der Waals surface area contributed by atoms with E-state index in [-0.39, 0.29) is 23.1 Å². The summed E-state index contributed by atoms with van der Waals surface area (Å²) in [5.41, 5.74) is 0.278. The maximum Gasteiger partial charge on any atom is 0.335 e. The van der Waals surface area contributed by atoms with Gasteiger partial charge in [-0.25, -0.2) is 17.9 Å². The molecular formula is C18H30N2O6S. The molecule has 0 radical (unpaired) electrons. The predicted molar refractivity (Wildman–Crippen MR) is 104 cm³/mol. The van der Waals surface area contributed by atoms with Crippen LogP contribution in [0, 0.1) is 0 Å². The van der Waals surface area contributed by atoms with Crippen LogP contribution in [0.4, 0.5) is 5.69 Å². The molecule has 0 bridgehead atoms. The first kappa shape index (κ1) is 23.4. The van der Waals surface area contributed by atoms with Gasteiger partial charge < -0.3 is 19.9 Å². The molecule has 0 aromatic heterocycles. The molecule has 0 aliphatic carbocycles. The summed E-state index contributed by atoms with van der Waals surface area (Å²) in [6.07, 6.45) is 1.36. The minimum Gasteiger partial charge on any atom is -0.478 e. The Morgan fingerprint density at radius 3 is 2.52 bits per heavy atom. The van der Waals surface area contributed by atoms with E-state index in [1.165, 1.54) is 18.2 Å². The van der Waals surface area contributed by atoms with E-state index in [1.807, 2.05) is 20.8 Å². The van der Waals surface area contributed by atoms with E-state index in [0.717, 1.165) is 0 Å². The summed E-state index contributed by atoms with van der Waals surface area (Å²) in [7, 11) is -3.85. The summed E-state index contributed by atoms with van der Waals surface area (Å²) in [5, 5.41) is 12.2. The fraction of sp³-hybridized carbons (Fsp3) is 0.611. The summed E-state index contributed by atoms with van der Waals surface area (Å²) in [4.78, 5) is 11.1.